The number of para-hydroxylation sites is 1. The molecular weight excluding hydrogens is 385 g/mol. The Balaban J connectivity index is 1.86. The van der Waals surface area contributed by atoms with Crippen molar-refractivity contribution < 1.29 is 27.5 Å². The Labute approximate surface area is 164 Å². The van der Waals surface area contributed by atoms with Crippen LogP contribution in [0.2, 0.25) is 0 Å². The minimum Gasteiger partial charge on any atom is -0.467 e. The molecule has 0 fully saturated rings. The van der Waals surface area contributed by atoms with Crippen molar-refractivity contribution in [2.24, 2.45) is 0 Å². The molecule has 1 atom stereocenters. The fourth-order valence-electron chi connectivity index (χ4n) is 2.97. The fraction of sp³-hybridized carbons (Fsp3) is 0.190. The van der Waals surface area contributed by atoms with E-state index in [4.69, 9.17) is 0 Å². The first kappa shape index (κ1) is 20.3. The van der Waals surface area contributed by atoms with Crippen LogP contribution in [0.5, 0.6) is 0 Å². The highest BCUT2D eigenvalue weighted by Gasteiger charge is 2.34. The quantitative estimate of drug-likeness (QED) is 0.660. The standard InChI is InChI=1S/C21H17F3N2O3/c1-29-20(28)18(11-13-6-2-4-8-16(13)21(22,23)24)26-19(27)15-10-14-7-3-5-9-17(14)25-12-15/h2-10,12,18H,11H2,1H3,(H,26,27)/t18-/m0/s1. The van der Waals surface area contributed by atoms with Gasteiger partial charge in [0.05, 0.1) is 23.8 Å². The molecule has 3 aromatic rings. The van der Waals surface area contributed by atoms with Gasteiger partial charge in [-0.2, -0.15) is 13.2 Å². The number of hydrogen-bond donors (Lipinski definition) is 1. The van der Waals surface area contributed by atoms with Crippen molar-refractivity contribution >= 4 is 22.8 Å². The lowest BCUT2D eigenvalue weighted by Crippen LogP contribution is -2.43. The number of aromatic nitrogens is 1. The van der Waals surface area contributed by atoms with Crippen LogP contribution in [0.4, 0.5) is 13.2 Å². The van der Waals surface area contributed by atoms with Gasteiger partial charge >= 0.3 is 12.1 Å². The third-order valence-electron chi connectivity index (χ3n) is 4.39. The van der Waals surface area contributed by atoms with E-state index in [1.807, 2.05) is 0 Å². The van der Waals surface area contributed by atoms with E-state index in [1.54, 1.807) is 30.3 Å². The van der Waals surface area contributed by atoms with E-state index in [2.05, 4.69) is 15.0 Å². The van der Waals surface area contributed by atoms with Crippen LogP contribution in [0, 0.1) is 0 Å². The second-order valence-electron chi connectivity index (χ2n) is 6.32. The smallest absolute Gasteiger partial charge is 0.416 e. The maximum absolute atomic E-state index is 13.2. The summed E-state index contributed by atoms with van der Waals surface area (Å²) < 4.78 is 44.4. The third kappa shape index (κ3) is 4.71. The van der Waals surface area contributed by atoms with E-state index in [1.165, 1.54) is 24.4 Å². The summed E-state index contributed by atoms with van der Waals surface area (Å²) in [4.78, 5) is 28.9. The number of alkyl halides is 3. The van der Waals surface area contributed by atoms with Gasteiger partial charge in [0.2, 0.25) is 0 Å². The normalized spacial score (nSPS) is 12.4. The summed E-state index contributed by atoms with van der Waals surface area (Å²) >= 11 is 0. The molecule has 8 heteroatoms. The van der Waals surface area contributed by atoms with Gasteiger partial charge in [0.1, 0.15) is 6.04 Å². The molecule has 1 aromatic heterocycles. The monoisotopic (exact) mass is 402 g/mol. The van der Waals surface area contributed by atoms with Gasteiger partial charge in [-0.1, -0.05) is 36.4 Å². The zero-order valence-corrected chi connectivity index (χ0v) is 15.4. The van der Waals surface area contributed by atoms with Crippen LogP contribution < -0.4 is 5.32 Å². The number of methoxy groups -OCH3 is 1. The van der Waals surface area contributed by atoms with Crippen molar-refractivity contribution in [2.45, 2.75) is 18.6 Å². The average molecular weight is 402 g/mol. The molecule has 1 N–H and O–H groups in total. The molecule has 1 amide bonds. The average Bonchev–Trinajstić information content (AvgIpc) is 2.71. The third-order valence-corrected chi connectivity index (χ3v) is 4.39. The number of carbonyl (C=O) groups excluding carboxylic acids is 2. The highest BCUT2D eigenvalue weighted by Crippen LogP contribution is 2.32. The molecular formula is C21H17F3N2O3. The number of amides is 1. The van der Waals surface area contributed by atoms with E-state index in [0.29, 0.717) is 5.52 Å². The van der Waals surface area contributed by atoms with Gasteiger partial charge in [-0.3, -0.25) is 9.78 Å². The molecule has 0 aliphatic rings. The largest absolute Gasteiger partial charge is 0.467 e. The second-order valence-corrected chi connectivity index (χ2v) is 6.32. The van der Waals surface area contributed by atoms with Crippen LogP contribution in [-0.4, -0.2) is 30.0 Å². The molecule has 5 nitrogen and oxygen atoms in total. The zero-order chi connectivity index (χ0) is 21.0. The minimum absolute atomic E-state index is 0.118. The highest BCUT2D eigenvalue weighted by atomic mass is 19.4. The molecule has 3 rings (SSSR count). The number of pyridine rings is 1. The maximum atomic E-state index is 13.2. The lowest BCUT2D eigenvalue weighted by molar-refractivity contribution is -0.144. The molecule has 0 saturated carbocycles. The van der Waals surface area contributed by atoms with Crippen LogP contribution in [0.1, 0.15) is 21.5 Å². The Morgan fingerprint density at radius 3 is 2.52 bits per heavy atom. The summed E-state index contributed by atoms with van der Waals surface area (Å²) in [6.45, 7) is 0. The number of esters is 1. The number of nitrogens with zero attached hydrogens (tertiary/aromatic N) is 1. The van der Waals surface area contributed by atoms with Crippen molar-refractivity contribution in [2.75, 3.05) is 7.11 Å². The lowest BCUT2D eigenvalue weighted by Gasteiger charge is -2.19. The Morgan fingerprint density at radius 1 is 1.10 bits per heavy atom. The van der Waals surface area contributed by atoms with Crippen molar-refractivity contribution in [3.05, 3.63) is 77.5 Å². The summed E-state index contributed by atoms with van der Waals surface area (Å²) in [5.41, 5.74) is -0.114. The SMILES string of the molecule is COC(=O)[C@H](Cc1ccccc1C(F)(F)F)NC(=O)c1cnc2ccccc2c1. The molecule has 150 valence electrons. The zero-order valence-electron chi connectivity index (χ0n) is 15.4. The number of rotatable bonds is 5. The number of halogens is 3. The predicted molar refractivity (Wildman–Crippen MR) is 100 cm³/mol. The van der Waals surface area contributed by atoms with Crippen molar-refractivity contribution in [3.8, 4) is 0 Å². The Bertz CT molecular complexity index is 1050. The van der Waals surface area contributed by atoms with E-state index >= 15 is 0 Å². The number of benzene rings is 2. The van der Waals surface area contributed by atoms with Crippen LogP contribution in [0.25, 0.3) is 10.9 Å². The summed E-state index contributed by atoms with van der Waals surface area (Å²) in [5, 5.41) is 3.17. The van der Waals surface area contributed by atoms with Crippen LogP contribution in [-0.2, 0) is 22.1 Å². The molecule has 0 unspecified atom stereocenters. The topological polar surface area (TPSA) is 68.3 Å². The molecule has 1 heterocycles. The van der Waals surface area contributed by atoms with E-state index in [0.717, 1.165) is 18.6 Å². The Morgan fingerprint density at radius 2 is 1.79 bits per heavy atom. The number of hydrogen-bond acceptors (Lipinski definition) is 4. The molecule has 0 radical (unpaired) electrons. The Kier molecular flexibility index (Phi) is 5.81. The first-order valence-corrected chi connectivity index (χ1v) is 8.68. The van der Waals surface area contributed by atoms with Crippen molar-refractivity contribution in [1.29, 1.82) is 0 Å². The first-order chi connectivity index (χ1) is 13.8. The van der Waals surface area contributed by atoms with Crippen molar-refractivity contribution in [1.82, 2.24) is 10.3 Å². The summed E-state index contributed by atoms with van der Waals surface area (Å²) in [5.74, 6) is -1.48. The minimum atomic E-state index is -4.58. The number of nitrogens with one attached hydrogen (secondary N) is 1. The first-order valence-electron chi connectivity index (χ1n) is 8.68. The Hall–Kier alpha value is -3.42. The van der Waals surface area contributed by atoms with Gasteiger partial charge in [0.15, 0.2) is 0 Å². The number of ether oxygens (including phenoxy) is 1. The molecule has 0 aliphatic heterocycles. The number of fused-ring (bicyclic) bond motifs is 1. The maximum Gasteiger partial charge on any atom is 0.416 e. The van der Waals surface area contributed by atoms with Crippen molar-refractivity contribution in [3.63, 3.8) is 0 Å². The van der Waals surface area contributed by atoms with E-state index < -0.39 is 29.7 Å². The van der Waals surface area contributed by atoms with E-state index in [9.17, 15) is 22.8 Å². The lowest BCUT2D eigenvalue weighted by atomic mass is 9.99. The van der Waals surface area contributed by atoms with Gasteiger partial charge in [0.25, 0.3) is 5.91 Å². The number of carbonyl (C=O) groups is 2. The van der Waals surface area contributed by atoms with Crippen LogP contribution in [0.15, 0.2) is 60.8 Å². The van der Waals surface area contributed by atoms with Crippen LogP contribution >= 0.6 is 0 Å². The summed E-state index contributed by atoms with van der Waals surface area (Å²) in [6.07, 6.45) is -3.60. The molecule has 0 saturated heterocycles. The van der Waals surface area contributed by atoms with Gasteiger partial charge < -0.3 is 10.1 Å². The van der Waals surface area contributed by atoms with Gasteiger partial charge in [0, 0.05) is 18.0 Å². The second kappa shape index (κ2) is 8.30. The van der Waals surface area contributed by atoms with E-state index in [-0.39, 0.29) is 17.5 Å². The van der Waals surface area contributed by atoms with Gasteiger partial charge in [-0.05, 0) is 23.8 Å². The summed E-state index contributed by atoms with van der Waals surface area (Å²) in [6, 6.07) is 12.3. The molecule has 0 aliphatic carbocycles. The van der Waals surface area contributed by atoms with Gasteiger partial charge in [-0.15, -0.1) is 0 Å². The fourth-order valence-corrected chi connectivity index (χ4v) is 2.97. The predicted octanol–water partition coefficient (Wildman–Crippen LogP) is 3.77. The summed E-state index contributed by atoms with van der Waals surface area (Å²) in [7, 11) is 1.11. The molecule has 0 bridgehead atoms. The molecule has 2 aromatic carbocycles. The van der Waals surface area contributed by atoms with Gasteiger partial charge in [-0.25, -0.2) is 4.79 Å². The molecule has 29 heavy (non-hydrogen) atoms. The highest BCUT2D eigenvalue weighted by molar-refractivity contribution is 5.99. The molecule has 0 spiro atoms. The van der Waals surface area contributed by atoms with Crippen LogP contribution in [0.3, 0.4) is 0 Å².